The second-order valence-electron chi connectivity index (χ2n) is 3.30. The zero-order valence-electron chi connectivity index (χ0n) is 7.86. The van der Waals surface area contributed by atoms with Crippen molar-refractivity contribution in [2.24, 2.45) is 0 Å². The van der Waals surface area contributed by atoms with E-state index in [9.17, 15) is 9.59 Å². The number of halogens is 3. The molecule has 1 aromatic carbocycles. The first-order valence-electron chi connectivity index (χ1n) is 4.44. The van der Waals surface area contributed by atoms with E-state index in [1.54, 1.807) is 24.3 Å². The molecular weight excluding hydrogens is 361 g/mol. The quantitative estimate of drug-likeness (QED) is 0.565. The molecule has 16 heavy (non-hydrogen) atoms. The highest BCUT2D eigenvalue weighted by molar-refractivity contribution is 9.12. The average molecular weight is 367 g/mol. The summed E-state index contributed by atoms with van der Waals surface area (Å²) in [5.41, 5.74) is 0.494. The maximum absolute atomic E-state index is 11.8. The number of hydrogen-bond donors (Lipinski definition) is 0. The van der Waals surface area contributed by atoms with Crippen molar-refractivity contribution in [2.45, 2.75) is 9.65 Å². The van der Waals surface area contributed by atoms with Crippen LogP contribution < -0.4 is 4.90 Å². The number of nitrogens with zero attached hydrogens (tertiary/aromatic N) is 1. The Bertz CT molecular complexity index is 446. The number of rotatable bonds is 1. The molecule has 0 aromatic heterocycles. The topological polar surface area (TPSA) is 37.4 Å². The molecule has 1 aromatic rings. The highest BCUT2D eigenvalue weighted by Gasteiger charge is 2.45. The number of alkyl halides is 2. The largest absolute Gasteiger partial charge is 0.273 e. The molecule has 3 nitrogen and oxygen atoms in total. The van der Waals surface area contributed by atoms with E-state index in [1.807, 2.05) is 0 Å². The molecule has 0 saturated carbocycles. The summed E-state index contributed by atoms with van der Waals surface area (Å²) in [6.07, 6.45) is 0. The van der Waals surface area contributed by atoms with E-state index in [4.69, 9.17) is 11.6 Å². The van der Waals surface area contributed by atoms with E-state index in [-0.39, 0.29) is 11.8 Å². The highest BCUT2D eigenvalue weighted by atomic mass is 79.9. The monoisotopic (exact) mass is 365 g/mol. The lowest BCUT2D eigenvalue weighted by Crippen LogP contribution is -2.31. The molecule has 1 heterocycles. The number of anilines is 1. The third kappa shape index (κ3) is 1.92. The molecule has 1 aliphatic heterocycles. The van der Waals surface area contributed by atoms with Crippen LogP contribution in [0.15, 0.2) is 24.3 Å². The number of carbonyl (C=O) groups is 2. The molecule has 84 valence electrons. The molecular formula is C10H6Br2ClNO2. The Morgan fingerprint density at radius 1 is 1.12 bits per heavy atom. The standard InChI is InChI=1S/C10H6Br2ClNO2/c11-7-8(12)10(16)14(9(7)15)6-3-1-2-5(13)4-6/h1-4,7-8H. The van der Waals surface area contributed by atoms with Gasteiger partial charge in [-0.15, -0.1) is 0 Å². The molecule has 2 amide bonds. The molecule has 1 fully saturated rings. The van der Waals surface area contributed by atoms with Gasteiger partial charge in [-0.1, -0.05) is 49.5 Å². The van der Waals surface area contributed by atoms with Crippen molar-refractivity contribution >= 4 is 61.0 Å². The van der Waals surface area contributed by atoms with Crippen molar-refractivity contribution in [3.05, 3.63) is 29.3 Å². The Morgan fingerprint density at radius 2 is 1.69 bits per heavy atom. The molecule has 1 aliphatic rings. The van der Waals surface area contributed by atoms with Crippen molar-refractivity contribution in [1.29, 1.82) is 0 Å². The van der Waals surface area contributed by atoms with Gasteiger partial charge in [0, 0.05) is 5.02 Å². The lowest BCUT2D eigenvalue weighted by molar-refractivity contribution is -0.121. The number of amides is 2. The molecule has 0 radical (unpaired) electrons. The van der Waals surface area contributed by atoms with Crippen LogP contribution in [0.4, 0.5) is 5.69 Å². The fourth-order valence-electron chi connectivity index (χ4n) is 1.48. The maximum Gasteiger partial charge on any atom is 0.249 e. The molecule has 2 rings (SSSR count). The van der Waals surface area contributed by atoms with Gasteiger partial charge in [0.05, 0.1) is 5.69 Å². The van der Waals surface area contributed by atoms with Gasteiger partial charge in [-0.05, 0) is 18.2 Å². The van der Waals surface area contributed by atoms with Crippen LogP contribution in [0.3, 0.4) is 0 Å². The summed E-state index contributed by atoms with van der Waals surface area (Å²) in [7, 11) is 0. The van der Waals surface area contributed by atoms with Crippen LogP contribution >= 0.6 is 43.5 Å². The van der Waals surface area contributed by atoms with Gasteiger partial charge < -0.3 is 0 Å². The van der Waals surface area contributed by atoms with Crippen LogP contribution in [0.5, 0.6) is 0 Å². The fraction of sp³-hybridized carbons (Fsp3) is 0.200. The number of imide groups is 1. The Morgan fingerprint density at radius 3 is 2.19 bits per heavy atom. The van der Waals surface area contributed by atoms with Gasteiger partial charge in [0.15, 0.2) is 0 Å². The van der Waals surface area contributed by atoms with E-state index in [2.05, 4.69) is 31.9 Å². The van der Waals surface area contributed by atoms with Crippen LogP contribution in [0.2, 0.25) is 5.02 Å². The first-order valence-corrected chi connectivity index (χ1v) is 6.65. The van der Waals surface area contributed by atoms with Crippen molar-refractivity contribution < 1.29 is 9.59 Å². The molecule has 2 atom stereocenters. The average Bonchev–Trinajstić information content (AvgIpc) is 2.44. The normalized spacial score (nSPS) is 25.3. The van der Waals surface area contributed by atoms with E-state index < -0.39 is 9.65 Å². The van der Waals surface area contributed by atoms with Crippen molar-refractivity contribution in [2.75, 3.05) is 4.90 Å². The van der Waals surface area contributed by atoms with Gasteiger partial charge >= 0.3 is 0 Å². The SMILES string of the molecule is O=C1C(Br)C(Br)C(=O)N1c1cccc(Cl)c1. The van der Waals surface area contributed by atoms with Gasteiger partial charge in [-0.3, -0.25) is 9.59 Å². The Hall–Kier alpha value is -0.390. The van der Waals surface area contributed by atoms with E-state index in [0.717, 1.165) is 4.90 Å². The Balaban J connectivity index is 2.42. The lowest BCUT2D eigenvalue weighted by atomic mass is 10.3. The maximum atomic E-state index is 11.8. The smallest absolute Gasteiger partial charge is 0.249 e. The zero-order valence-corrected chi connectivity index (χ0v) is 11.8. The Labute approximate surface area is 114 Å². The summed E-state index contributed by atoms with van der Waals surface area (Å²) in [4.78, 5) is 23.7. The van der Waals surface area contributed by atoms with Gasteiger partial charge in [0.25, 0.3) is 0 Å². The first-order chi connectivity index (χ1) is 7.52. The summed E-state index contributed by atoms with van der Waals surface area (Å²) in [5.74, 6) is -0.566. The summed E-state index contributed by atoms with van der Waals surface area (Å²) >= 11 is 12.2. The minimum absolute atomic E-state index is 0.283. The van der Waals surface area contributed by atoms with Gasteiger partial charge in [0.2, 0.25) is 11.8 Å². The Kier molecular flexibility index (Phi) is 3.37. The van der Waals surface area contributed by atoms with Gasteiger partial charge in [-0.25, -0.2) is 4.90 Å². The van der Waals surface area contributed by atoms with E-state index in [1.165, 1.54) is 0 Å². The van der Waals surface area contributed by atoms with Gasteiger partial charge in [-0.2, -0.15) is 0 Å². The van der Waals surface area contributed by atoms with Crippen LogP contribution in [-0.2, 0) is 9.59 Å². The third-order valence-corrected chi connectivity index (χ3v) is 5.02. The highest BCUT2D eigenvalue weighted by Crippen LogP contribution is 2.31. The summed E-state index contributed by atoms with van der Waals surface area (Å²) in [6.45, 7) is 0. The summed E-state index contributed by atoms with van der Waals surface area (Å²) < 4.78 is 0. The van der Waals surface area contributed by atoms with Gasteiger partial charge in [0.1, 0.15) is 9.65 Å². The van der Waals surface area contributed by atoms with Crippen LogP contribution in [0, 0.1) is 0 Å². The minimum atomic E-state index is -0.529. The fourth-order valence-corrected chi connectivity index (χ4v) is 2.52. The molecule has 6 heteroatoms. The molecule has 0 bridgehead atoms. The van der Waals surface area contributed by atoms with E-state index in [0.29, 0.717) is 10.7 Å². The second-order valence-corrected chi connectivity index (χ2v) is 5.70. The summed E-state index contributed by atoms with van der Waals surface area (Å²) in [6, 6.07) is 6.64. The molecule has 0 N–H and O–H groups in total. The predicted octanol–water partition coefficient (Wildman–Crippen LogP) is 2.74. The minimum Gasteiger partial charge on any atom is -0.273 e. The second kappa shape index (κ2) is 4.47. The third-order valence-electron chi connectivity index (χ3n) is 2.24. The van der Waals surface area contributed by atoms with Crippen LogP contribution in [0.1, 0.15) is 0 Å². The molecule has 1 saturated heterocycles. The zero-order chi connectivity index (χ0) is 11.9. The number of benzene rings is 1. The number of hydrogen-bond acceptors (Lipinski definition) is 2. The van der Waals surface area contributed by atoms with Crippen molar-refractivity contribution in [1.82, 2.24) is 0 Å². The van der Waals surface area contributed by atoms with E-state index >= 15 is 0 Å². The molecule has 0 spiro atoms. The first kappa shape index (κ1) is 12.1. The van der Waals surface area contributed by atoms with Crippen LogP contribution in [-0.4, -0.2) is 21.5 Å². The van der Waals surface area contributed by atoms with Crippen LogP contribution in [0.25, 0.3) is 0 Å². The lowest BCUT2D eigenvalue weighted by Gasteiger charge is -2.13. The molecule has 0 aliphatic carbocycles. The predicted molar refractivity (Wildman–Crippen MR) is 69.4 cm³/mol. The number of carbonyl (C=O) groups excluding carboxylic acids is 2. The van der Waals surface area contributed by atoms with Crippen molar-refractivity contribution in [3.63, 3.8) is 0 Å². The van der Waals surface area contributed by atoms with Crippen molar-refractivity contribution in [3.8, 4) is 0 Å². The summed E-state index contributed by atoms with van der Waals surface area (Å²) in [5, 5.41) is 0.488. The molecule has 2 unspecified atom stereocenters.